The highest BCUT2D eigenvalue weighted by atomic mass is 32.2. The molecule has 0 heterocycles. The highest BCUT2D eigenvalue weighted by Gasteiger charge is 2.16. The summed E-state index contributed by atoms with van der Waals surface area (Å²) in [6.45, 7) is 7.86. The minimum atomic E-state index is -3.72. The lowest BCUT2D eigenvalue weighted by molar-refractivity contribution is -0.143. The van der Waals surface area contributed by atoms with E-state index in [1.165, 1.54) is 0 Å². The van der Waals surface area contributed by atoms with Gasteiger partial charge >= 0.3 is 16.1 Å². The van der Waals surface area contributed by atoms with Crippen LogP contribution in [0.1, 0.15) is 50.7 Å². The summed E-state index contributed by atoms with van der Waals surface area (Å²) in [7, 11) is -3.72. The first-order valence-electron chi connectivity index (χ1n) is 7.43. The maximum Gasteiger partial charge on any atom is 0.309 e. The Morgan fingerprint density at radius 3 is 2.55 bits per heavy atom. The Balaban J connectivity index is 2.68. The summed E-state index contributed by atoms with van der Waals surface area (Å²) < 4.78 is 33.9. The molecule has 1 aromatic carbocycles. The van der Waals surface area contributed by atoms with Crippen molar-refractivity contribution in [3.8, 4) is 5.75 Å². The van der Waals surface area contributed by atoms with Gasteiger partial charge in [0, 0.05) is 6.42 Å². The molecule has 1 rings (SSSR count). The molecule has 0 aromatic heterocycles. The quantitative estimate of drug-likeness (QED) is 0.541. The van der Waals surface area contributed by atoms with Gasteiger partial charge in [-0.25, -0.2) is 0 Å². The van der Waals surface area contributed by atoms with E-state index in [0.717, 1.165) is 11.1 Å². The van der Waals surface area contributed by atoms with Gasteiger partial charge in [-0.1, -0.05) is 26.0 Å². The molecule has 1 aromatic rings. The van der Waals surface area contributed by atoms with Crippen LogP contribution in [-0.4, -0.2) is 26.7 Å². The van der Waals surface area contributed by atoms with Crippen molar-refractivity contribution in [1.82, 2.24) is 0 Å². The second-order valence-electron chi connectivity index (χ2n) is 5.43. The highest BCUT2D eigenvalue weighted by Crippen LogP contribution is 2.25. The summed E-state index contributed by atoms with van der Waals surface area (Å²) in [5.74, 6) is 0.0319. The van der Waals surface area contributed by atoms with Crippen molar-refractivity contribution in [2.24, 2.45) is 0 Å². The molecule has 0 unspecified atom stereocenters. The van der Waals surface area contributed by atoms with Gasteiger partial charge in [0.25, 0.3) is 0 Å². The Hall–Kier alpha value is -1.56. The molecule has 5 nitrogen and oxygen atoms in total. The Bertz CT molecular complexity index is 605. The van der Waals surface area contributed by atoms with Crippen molar-refractivity contribution in [2.75, 3.05) is 12.4 Å². The first kappa shape index (κ1) is 18.5. The van der Waals surface area contributed by atoms with E-state index in [1.54, 1.807) is 19.9 Å². The van der Waals surface area contributed by atoms with E-state index in [4.69, 9.17) is 8.92 Å². The molecule has 22 heavy (non-hydrogen) atoms. The number of rotatable bonds is 8. The molecule has 0 N–H and O–H groups in total. The van der Waals surface area contributed by atoms with Gasteiger partial charge < -0.3 is 8.92 Å². The van der Waals surface area contributed by atoms with Crippen molar-refractivity contribution in [1.29, 1.82) is 0 Å². The molecule has 0 aliphatic rings. The standard InChI is InChI=1S/C16H24O5S/c1-5-20-16(17)7-6-10-22(18,19)21-15-11-14(12(2)3)9-8-13(15)4/h8-9,11-12H,5-7,10H2,1-4H3. The molecule has 0 spiro atoms. The van der Waals surface area contributed by atoms with E-state index < -0.39 is 16.1 Å². The number of benzene rings is 1. The molecule has 0 saturated heterocycles. The van der Waals surface area contributed by atoms with E-state index in [1.807, 2.05) is 26.0 Å². The minimum Gasteiger partial charge on any atom is -0.466 e. The maximum atomic E-state index is 12.0. The number of carbonyl (C=O) groups is 1. The third-order valence-corrected chi connectivity index (χ3v) is 4.40. The Labute approximate surface area is 132 Å². The summed E-state index contributed by atoms with van der Waals surface area (Å²) in [5, 5.41) is 0. The molecule has 0 amide bonds. The van der Waals surface area contributed by atoms with Gasteiger partial charge in [-0.05, 0) is 43.4 Å². The maximum absolute atomic E-state index is 12.0. The second kappa shape index (κ2) is 8.17. The first-order valence-corrected chi connectivity index (χ1v) is 9.01. The average Bonchev–Trinajstić information content (AvgIpc) is 2.40. The van der Waals surface area contributed by atoms with Crippen LogP contribution in [0.4, 0.5) is 0 Å². The third-order valence-electron chi connectivity index (χ3n) is 3.18. The fourth-order valence-corrected chi connectivity index (χ4v) is 2.90. The van der Waals surface area contributed by atoms with Crippen molar-refractivity contribution in [3.05, 3.63) is 29.3 Å². The van der Waals surface area contributed by atoms with Gasteiger partial charge in [0.05, 0.1) is 12.4 Å². The molecule has 0 saturated carbocycles. The van der Waals surface area contributed by atoms with Gasteiger partial charge in [-0.3, -0.25) is 4.79 Å². The van der Waals surface area contributed by atoms with E-state index in [0.29, 0.717) is 12.4 Å². The summed E-state index contributed by atoms with van der Waals surface area (Å²) >= 11 is 0. The van der Waals surface area contributed by atoms with Gasteiger partial charge in [0.1, 0.15) is 5.75 Å². The molecule has 0 radical (unpaired) electrons. The van der Waals surface area contributed by atoms with Crippen LogP contribution >= 0.6 is 0 Å². The topological polar surface area (TPSA) is 69.7 Å². The van der Waals surface area contributed by atoms with Crippen LogP contribution in [0.25, 0.3) is 0 Å². The van der Waals surface area contributed by atoms with E-state index in [-0.39, 0.29) is 24.5 Å². The molecule has 0 aliphatic heterocycles. The zero-order valence-corrected chi connectivity index (χ0v) is 14.4. The lowest BCUT2D eigenvalue weighted by atomic mass is 10.0. The SMILES string of the molecule is CCOC(=O)CCCS(=O)(=O)Oc1cc(C(C)C)ccc1C. The lowest BCUT2D eigenvalue weighted by Crippen LogP contribution is -2.16. The number of carbonyl (C=O) groups excluding carboxylic acids is 1. The van der Waals surface area contributed by atoms with Crippen LogP contribution in [-0.2, 0) is 19.6 Å². The lowest BCUT2D eigenvalue weighted by Gasteiger charge is -2.12. The molecule has 0 aliphatic carbocycles. The molecule has 124 valence electrons. The number of hydrogen-bond donors (Lipinski definition) is 0. The number of aryl methyl sites for hydroxylation is 1. The van der Waals surface area contributed by atoms with Crippen molar-refractivity contribution >= 4 is 16.1 Å². The van der Waals surface area contributed by atoms with Crippen molar-refractivity contribution in [3.63, 3.8) is 0 Å². The second-order valence-corrected chi connectivity index (χ2v) is 7.12. The zero-order valence-electron chi connectivity index (χ0n) is 13.6. The fraction of sp³-hybridized carbons (Fsp3) is 0.562. The largest absolute Gasteiger partial charge is 0.466 e. The van der Waals surface area contributed by atoms with Gasteiger partial charge in [0.2, 0.25) is 0 Å². The molecular weight excluding hydrogens is 304 g/mol. The predicted octanol–water partition coefficient (Wildman–Crippen LogP) is 3.17. The van der Waals surface area contributed by atoms with E-state index >= 15 is 0 Å². The van der Waals surface area contributed by atoms with Crippen LogP contribution in [0.5, 0.6) is 5.75 Å². The van der Waals surface area contributed by atoms with Crippen LogP contribution in [0.3, 0.4) is 0 Å². The zero-order chi connectivity index (χ0) is 16.8. The first-order chi connectivity index (χ1) is 10.2. The average molecular weight is 328 g/mol. The number of esters is 1. The van der Waals surface area contributed by atoms with Crippen LogP contribution in [0, 0.1) is 6.92 Å². The normalized spacial score (nSPS) is 11.5. The Kier molecular flexibility index (Phi) is 6.87. The third kappa shape index (κ3) is 6.05. The predicted molar refractivity (Wildman–Crippen MR) is 85.5 cm³/mol. The molecule has 0 fully saturated rings. The summed E-state index contributed by atoms with van der Waals surface area (Å²) in [6, 6.07) is 5.56. The van der Waals surface area contributed by atoms with Gasteiger partial charge in [0.15, 0.2) is 0 Å². The molecule has 0 atom stereocenters. The summed E-state index contributed by atoms with van der Waals surface area (Å²) in [4.78, 5) is 11.2. The van der Waals surface area contributed by atoms with E-state index in [2.05, 4.69) is 0 Å². The van der Waals surface area contributed by atoms with Gasteiger partial charge in [-0.2, -0.15) is 8.42 Å². The number of ether oxygens (including phenoxy) is 1. The Morgan fingerprint density at radius 1 is 1.27 bits per heavy atom. The van der Waals surface area contributed by atoms with Crippen LogP contribution in [0.2, 0.25) is 0 Å². The van der Waals surface area contributed by atoms with Crippen LogP contribution < -0.4 is 4.18 Å². The molecular formula is C16H24O5S. The monoisotopic (exact) mass is 328 g/mol. The van der Waals surface area contributed by atoms with E-state index in [9.17, 15) is 13.2 Å². The Morgan fingerprint density at radius 2 is 1.95 bits per heavy atom. The number of hydrogen-bond acceptors (Lipinski definition) is 5. The van der Waals surface area contributed by atoms with Crippen molar-refractivity contribution < 1.29 is 22.1 Å². The molecule has 6 heteroatoms. The molecule has 0 bridgehead atoms. The smallest absolute Gasteiger partial charge is 0.309 e. The summed E-state index contributed by atoms with van der Waals surface area (Å²) in [5.41, 5.74) is 1.78. The minimum absolute atomic E-state index is 0.0709. The van der Waals surface area contributed by atoms with Crippen LogP contribution in [0.15, 0.2) is 18.2 Å². The van der Waals surface area contributed by atoms with Gasteiger partial charge in [-0.15, -0.1) is 0 Å². The highest BCUT2D eigenvalue weighted by molar-refractivity contribution is 7.87. The fourth-order valence-electron chi connectivity index (χ4n) is 1.87. The van der Waals surface area contributed by atoms with Crippen molar-refractivity contribution in [2.45, 2.75) is 46.5 Å². The summed E-state index contributed by atoms with van der Waals surface area (Å²) in [6.07, 6.45) is 0.255.